The van der Waals surface area contributed by atoms with Crippen LogP contribution in [0.25, 0.3) is 0 Å². The van der Waals surface area contributed by atoms with Gasteiger partial charge in [-0.3, -0.25) is 15.0 Å². The van der Waals surface area contributed by atoms with E-state index in [0.29, 0.717) is 5.92 Å². The van der Waals surface area contributed by atoms with E-state index in [9.17, 15) is 18.5 Å². The summed E-state index contributed by atoms with van der Waals surface area (Å²) >= 11 is 0. The Morgan fingerprint density at radius 3 is 2.03 bits per heavy atom. The van der Waals surface area contributed by atoms with Gasteiger partial charge in [0.25, 0.3) is 5.69 Å². The highest BCUT2D eigenvalue weighted by molar-refractivity contribution is 7.91. The molecule has 2 aliphatic heterocycles. The van der Waals surface area contributed by atoms with Crippen LogP contribution in [0.15, 0.2) is 29.2 Å². The Balaban J connectivity index is 1.74. The normalized spacial score (nSPS) is 21.9. The van der Waals surface area contributed by atoms with E-state index >= 15 is 0 Å². The standard InChI is InChI=1S/C21H33N3O4S/c1-17-7-11-22(12-8-17)15-20(23-13-9-18(2)10-14-23)16-29(27,28)21-5-3-19(4-6-21)24(25)26/h3-6,17-18,20H,7-16H2,1-2H3/t20-/m0/s1. The minimum Gasteiger partial charge on any atom is -0.302 e. The second-order valence-corrected chi connectivity index (χ2v) is 10.9. The van der Waals surface area contributed by atoms with Gasteiger partial charge in [0.2, 0.25) is 0 Å². The molecule has 0 unspecified atom stereocenters. The number of non-ortho nitro benzene ring substituents is 1. The number of hydrogen-bond acceptors (Lipinski definition) is 6. The first-order valence-corrected chi connectivity index (χ1v) is 12.3. The van der Waals surface area contributed by atoms with Crippen molar-refractivity contribution in [1.82, 2.24) is 9.80 Å². The van der Waals surface area contributed by atoms with Crippen LogP contribution < -0.4 is 0 Å². The van der Waals surface area contributed by atoms with Gasteiger partial charge in [0.1, 0.15) is 0 Å². The molecule has 7 nitrogen and oxygen atoms in total. The van der Waals surface area contributed by atoms with Crippen molar-refractivity contribution in [2.24, 2.45) is 11.8 Å². The molecule has 0 radical (unpaired) electrons. The first-order valence-electron chi connectivity index (χ1n) is 10.7. The smallest absolute Gasteiger partial charge is 0.269 e. The molecule has 0 aromatic heterocycles. The van der Waals surface area contributed by atoms with Gasteiger partial charge in [0, 0.05) is 24.7 Å². The fraction of sp³-hybridized carbons (Fsp3) is 0.714. The molecule has 1 atom stereocenters. The second kappa shape index (κ2) is 9.53. The van der Waals surface area contributed by atoms with Crippen molar-refractivity contribution in [3.05, 3.63) is 34.4 Å². The molecule has 2 heterocycles. The number of rotatable bonds is 7. The lowest BCUT2D eigenvalue weighted by atomic mass is 9.97. The maximum absolute atomic E-state index is 13.1. The van der Waals surface area contributed by atoms with Crippen LogP contribution in [-0.4, -0.2) is 67.7 Å². The number of nitro groups is 1. The van der Waals surface area contributed by atoms with Crippen LogP contribution in [0.2, 0.25) is 0 Å². The molecule has 3 rings (SSSR count). The lowest BCUT2D eigenvalue weighted by Gasteiger charge is -2.40. The van der Waals surface area contributed by atoms with E-state index in [2.05, 4.69) is 23.6 Å². The average molecular weight is 424 g/mol. The molecule has 1 aromatic carbocycles. The van der Waals surface area contributed by atoms with Gasteiger partial charge < -0.3 is 4.90 Å². The van der Waals surface area contributed by atoms with E-state index < -0.39 is 14.8 Å². The van der Waals surface area contributed by atoms with Crippen LogP contribution in [0.3, 0.4) is 0 Å². The van der Waals surface area contributed by atoms with Gasteiger partial charge in [-0.2, -0.15) is 0 Å². The van der Waals surface area contributed by atoms with Crippen molar-refractivity contribution in [2.75, 3.05) is 38.5 Å². The molecule has 0 aliphatic carbocycles. The average Bonchev–Trinajstić information content (AvgIpc) is 2.69. The summed E-state index contributed by atoms with van der Waals surface area (Å²) in [7, 11) is -3.52. The summed E-state index contributed by atoms with van der Waals surface area (Å²) in [4.78, 5) is 15.3. The first-order chi connectivity index (χ1) is 13.7. The van der Waals surface area contributed by atoms with Gasteiger partial charge in [-0.15, -0.1) is 0 Å². The molecular formula is C21H33N3O4S. The quantitative estimate of drug-likeness (QED) is 0.495. The van der Waals surface area contributed by atoms with Crippen LogP contribution in [0.1, 0.15) is 39.5 Å². The van der Waals surface area contributed by atoms with E-state index in [-0.39, 0.29) is 22.4 Å². The zero-order valence-corrected chi connectivity index (χ0v) is 18.3. The van der Waals surface area contributed by atoms with Crippen molar-refractivity contribution in [3.63, 3.8) is 0 Å². The Labute approximate surface area is 174 Å². The topological polar surface area (TPSA) is 83.8 Å². The highest BCUT2D eigenvalue weighted by Gasteiger charge is 2.31. The highest BCUT2D eigenvalue weighted by atomic mass is 32.2. The third kappa shape index (κ3) is 5.99. The molecule has 2 fully saturated rings. The maximum Gasteiger partial charge on any atom is 0.269 e. The molecule has 2 saturated heterocycles. The summed E-state index contributed by atoms with van der Waals surface area (Å²) in [6, 6.07) is 5.24. The summed E-state index contributed by atoms with van der Waals surface area (Å²) in [5.41, 5.74) is -0.0899. The van der Waals surface area contributed by atoms with Gasteiger partial charge in [-0.05, 0) is 75.8 Å². The number of hydrogen-bond donors (Lipinski definition) is 0. The lowest BCUT2D eigenvalue weighted by molar-refractivity contribution is -0.384. The number of piperidine rings is 2. The predicted molar refractivity (Wildman–Crippen MR) is 114 cm³/mol. The van der Waals surface area contributed by atoms with Crippen LogP contribution in [0.5, 0.6) is 0 Å². The van der Waals surface area contributed by atoms with Gasteiger partial charge in [0.15, 0.2) is 9.84 Å². The molecule has 0 bridgehead atoms. The van der Waals surface area contributed by atoms with Crippen molar-refractivity contribution in [3.8, 4) is 0 Å². The molecule has 0 saturated carbocycles. The molecular weight excluding hydrogens is 390 g/mol. The molecule has 162 valence electrons. The summed E-state index contributed by atoms with van der Waals surface area (Å²) in [6.45, 7) is 9.23. The van der Waals surface area contributed by atoms with Crippen LogP contribution >= 0.6 is 0 Å². The Bertz CT molecular complexity index is 781. The second-order valence-electron chi connectivity index (χ2n) is 8.89. The number of benzene rings is 1. The van der Waals surface area contributed by atoms with Crippen LogP contribution in [0.4, 0.5) is 5.69 Å². The summed E-state index contributed by atoms with van der Waals surface area (Å²) in [5, 5.41) is 10.9. The molecule has 0 spiro atoms. The summed E-state index contributed by atoms with van der Waals surface area (Å²) in [5.74, 6) is 1.49. The molecule has 0 amide bonds. The van der Waals surface area contributed by atoms with Gasteiger partial charge in [-0.1, -0.05) is 13.8 Å². The van der Waals surface area contributed by atoms with Crippen LogP contribution in [0, 0.1) is 22.0 Å². The molecule has 0 N–H and O–H groups in total. The third-order valence-electron chi connectivity index (χ3n) is 6.50. The van der Waals surface area contributed by atoms with Crippen molar-refractivity contribution in [1.29, 1.82) is 0 Å². The predicted octanol–water partition coefficient (Wildman–Crippen LogP) is 3.20. The number of nitrogens with zero attached hydrogens (tertiary/aromatic N) is 3. The fourth-order valence-electron chi connectivity index (χ4n) is 4.33. The molecule has 29 heavy (non-hydrogen) atoms. The minimum atomic E-state index is -3.52. The largest absolute Gasteiger partial charge is 0.302 e. The van der Waals surface area contributed by atoms with Crippen molar-refractivity contribution >= 4 is 15.5 Å². The van der Waals surface area contributed by atoms with Gasteiger partial charge in [0.05, 0.1) is 15.6 Å². The molecule has 8 heteroatoms. The van der Waals surface area contributed by atoms with Gasteiger partial charge >= 0.3 is 0 Å². The number of likely N-dealkylation sites (tertiary alicyclic amines) is 2. The van der Waals surface area contributed by atoms with E-state index in [4.69, 9.17) is 0 Å². The number of nitro benzene ring substituents is 1. The van der Waals surface area contributed by atoms with Gasteiger partial charge in [-0.25, -0.2) is 8.42 Å². The van der Waals surface area contributed by atoms with E-state index in [1.54, 1.807) is 0 Å². The molecule has 1 aromatic rings. The van der Waals surface area contributed by atoms with Crippen molar-refractivity contribution < 1.29 is 13.3 Å². The Morgan fingerprint density at radius 2 is 1.52 bits per heavy atom. The minimum absolute atomic E-state index is 0.0453. The Hall–Kier alpha value is -1.51. The van der Waals surface area contributed by atoms with Crippen molar-refractivity contribution in [2.45, 2.75) is 50.5 Å². The van der Waals surface area contributed by atoms with E-state index in [1.165, 1.54) is 37.1 Å². The van der Waals surface area contributed by atoms with E-state index in [1.807, 2.05) is 0 Å². The Kier molecular flexibility index (Phi) is 7.29. The fourth-order valence-corrected chi connectivity index (χ4v) is 5.90. The number of sulfone groups is 1. The Morgan fingerprint density at radius 1 is 1.00 bits per heavy atom. The zero-order chi connectivity index (χ0) is 21.0. The SMILES string of the molecule is CC1CCN(C[C@@H](CS(=O)(=O)c2ccc([N+](=O)[O-])cc2)N2CCC(C)CC2)CC1. The first kappa shape index (κ1) is 22.2. The maximum atomic E-state index is 13.1. The summed E-state index contributed by atoms with van der Waals surface area (Å²) in [6.07, 6.45) is 4.54. The third-order valence-corrected chi connectivity index (χ3v) is 8.31. The van der Waals surface area contributed by atoms with Crippen LogP contribution in [-0.2, 0) is 9.84 Å². The van der Waals surface area contributed by atoms with E-state index in [0.717, 1.165) is 51.5 Å². The monoisotopic (exact) mass is 423 g/mol. The zero-order valence-electron chi connectivity index (χ0n) is 17.5. The summed E-state index contributed by atoms with van der Waals surface area (Å²) < 4.78 is 26.2. The lowest BCUT2D eigenvalue weighted by Crippen LogP contribution is -2.51. The highest BCUT2D eigenvalue weighted by Crippen LogP contribution is 2.24. The molecule has 2 aliphatic rings.